The summed E-state index contributed by atoms with van der Waals surface area (Å²) in [6.45, 7) is 0.372. The van der Waals surface area contributed by atoms with Crippen LogP contribution in [0.3, 0.4) is 0 Å². The summed E-state index contributed by atoms with van der Waals surface area (Å²) in [5.74, 6) is 1.29. The quantitative estimate of drug-likeness (QED) is 0.894. The molecule has 14 heavy (non-hydrogen) atoms. The average Bonchev–Trinajstić information content (AvgIpc) is 2.67. The van der Waals surface area contributed by atoms with Crippen molar-refractivity contribution in [3.05, 3.63) is 40.7 Å². The molecule has 3 nitrogen and oxygen atoms in total. The SMILES string of the molecule is NCc1cnc(-c2ccccc2Br)o1. The molecule has 0 radical (unpaired) electrons. The first kappa shape index (κ1) is 9.43. The van der Waals surface area contributed by atoms with Gasteiger partial charge in [-0.05, 0) is 28.1 Å². The van der Waals surface area contributed by atoms with Crippen LogP contribution in [0, 0.1) is 0 Å². The van der Waals surface area contributed by atoms with Crippen LogP contribution in [0.4, 0.5) is 0 Å². The highest BCUT2D eigenvalue weighted by molar-refractivity contribution is 9.10. The van der Waals surface area contributed by atoms with Gasteiger partial charge >= 0.3 is 0 Å². The van der Waals surface area contributed by atoms with Crippen molar-refractivity contribution >= 4 is 15.9 Å². The van der Waals surface area contributed by atoms with Crippen LogP contribution in [0.25, 0.3) is 11.5 Å². The molecule has 72 valence electrons. The topological polar surface area (TPSA) is 52.0 Å². The van der Waals surface area contributed by atoms with Crippen LogP contribution in [0.1, 0.15) is 5.76 Å². The maximum Gasteiger partial charge on any atom is 0.227 e. The summed E-state index contributed by atoms with van der Waals surface area (Å²) in [6.07, 6.45) is 1.65. The molecule has 0 bridgehead atoms. The number of hydrogen-bond acceptors (Lipinski definition) is 3. The number of benzene rings is 1. The second-order valence-electron chi connectivity index (χ2n) is 2.82. The molecule has 0 fully saturated rings. The molecule has 0 saturated carbocycles. The van der Waals surface area contributed by atoms with Gasteiger partial charge in [-0.2, -0.15) is 0 Å². The van der Waals surface area contributed by atoms with Gasteiger partial charge in [0, 0.05) is 4.47 Å². The van der Waals surface area contributed by atoms with Gasteiger partial charge in [-0.1, -0.05) is 12.1 Å². The first-order chi connectivity index (χ1) is 6.81. The van der Waals surface area contributed by atoms with E-state index in [2.05, 4.69) is 20.9 Å². The fourth-order valence-corrected chi connectivity index (χ4v) is 1.62. The van der Waals surface area contributed by atoms with E-state index in [4.69, 9.17) is 10.2 Å². The Morgan fingerprint density at radius 2 is 2.14 bits per heavy atom. The molecule has 0 unspecified atom stereocenters. The Bertz CT molecular complexity index is 439. The van der Waals surface area contributed by atoms with E-state index in [1.165, 1.54) is 0 Å². The van der Waals surface area contributed by atoms with Crippen LogP contribution in [0.15, 0.2) is 39.4 Å². The third-order valence-electron chi connectivity index (χ3n) is 1.86. The minimum Gasteiger partial charge on any atom is -0.440 e. The molecule has 0 atom stereocenters. The highest BCUT2D eigenvalue weighted by Crippen LogP contribution is 2.27. The standard InChI is InChI=1S/C10H9BrN2O/c11-9-4-2-1-3-8(9)10-13-6-7(5-12)14-10/h1-4,6H,5,12H2. The van der Waals surface area contributed by atoms with Gasteiger partial charge in [-0.25, -0.2) is 4.98 Å². The van der Waals surface area contributed by atoms with Gasteiger partial charge in [0.1, 0.15) is 5.76 Å². The Kier molecular flexibility index (Phi) is 2.65. The van der Waals surface area contributed by atoms with Gasteiger partial charge in [0.25, 0.3) is 0 Å². The Morgan fingerprint density at radius 1 is 1.36 bits per heavy atom. The minimum atomic E-state index is 0.372. The Hall–Kier alpha value is -1.13. The van der Waals surface area contributed by atoms with Crippen molar-refractivity contribution < 1.29 is 4.42 Å². The fraction of sp³-hybridized carbons (Fsp3) is 0.100. The molecule has 1 aromatic heterocycles. The molecule has 4 heteroatoms. The zero-order chi connectivity index (χ0) is 9.97. The molecule has 2 aromatic rings. The number of aromatic nitrogens is 1. The molecule has 0 aliphatic rings. The second kappa shape index (κ2) is 3.94. The monoisotopic (exact) mass is 252 g/mol. The predicted molar refractivity (Wildman–Crippen MR) is 57.5 cm³/mol. The van der Waals surface area contributed by atoms with E-state index >= 15 is 0 Å². The molecule has 1 heterocycles. The molecule has 2 rings (SSSR count). The summed E-state index contributed by atoms with van der Waals surface area (Å²) in [6, 6.07) is 7.77. The molecule has 0 aliphatic carbocycles. The van der Waals surface area contributed by atoms with Crippen molar-refractivity contribution in [2.24, 2.45) is 5.73 Å². The lowest BCUT2D eigenvalue weighted by molar-refractivity contribution is 0.520. The van der Waals surface area contributed by atoms with Crippen molar-refractivity contribution in [3.8, 4) is 11.5 Å². The third-order valence-corrected chi connectivity index (χ3v) is 2.55. The second-order valence-corrected chi connectivity index (χ2v) is 3.67. The highest BCUT2D eigenvalue weighted by Gasteiger charge is 2.08. The normalized spacial score (nSPS) is 10.4. The van der Waals surface area contributed by atoms with E-state index < -0.39 is 0 Å². The number of rotatable bonds is 2. The number of hydrogen-bond donors (Lipinski definition) is 1. The average molecular weight is 253 g/mol. The summed E-state index contributed by atoms with van der Waals surface area (Å²) in [7, 11) is 0. The van der Waals surface area contributed by atoms with Crippen LogP contribution in [-0.2, 0) is 6.54 Å². The van der Waals surface area contributed by atoms with Crippen LogP contribution >= 0.6 is 15.9 Å². The molecular formula is C10H9BrN2O. The maximum atomic E-state index is 5.43. The summed E-state index contributed by atoms with van der Waals surface area (Å²) >= 11 is 3.43. The molecule has 0 saturated heterocycles. The van der Waals surface area contributed by atoms with Gasteiger partial charge in [0.15, 0.2) is 0 Å². The van der Waals surface area contributed by atoms with Gasteiger partial charge in [-0.15, -0.1) is 0 Å². The number of oxazole rings is 1. The van der Waals surface area contributed by atoms with Gasteiger partial charge in [0.05, 0.1) is 18.3 Å². The predicted octanol–water partition coefficient (Wildman–Crippen LogP) is 2.56. The number of halogens is 1. The van der Waals surface area contributed by atoms with Crippen LogP contribution in [0.5, 0.6) is 0 Å². The molecule has 0 aliphatic heterocycles. The molecular weight excluding hydrogens is 244 g/mol. The third kappa shape index (κ3) is 1.71. The molecule has 1 aromatic carbocycles. The van der Waals surface area contributed by atoms with Gasteiger partial charge in [0.2, 0.25) is 5.89 Å². The molecule has 0 amide bonds. The smallest absolute Gasteiger partial charge is 0.227 e. The van der Waals surface area contributed by atoms with Crippen molar-refractivity contribution in [3.63, 3.8) is 0 Å². The Labute approximate surface area is 90.1 Å². The Morgan fingerprint density at radius 3 is 2.79 bits per heavy atom. The van der Waals surface area contributed by atoms with Crippen LogP contribution < -0.4 is 5.73 Å². The Balaban J connectivity index is 2.44. The highest BCUT2D eigenvalue weighted by atomic mass is 79.9. The number of nitrogens with zero attached hydrogens (tertiary/aromatic N) is 1. The zero-order valence-corrected chi connectivity index (χ0v) is 8.99. The lowest BCUT2D eigenvalue weighted by Crippen LogP contribution is -1.92. The lowest BCUT2D eigenvalue weighted by Gasteiger charge is -1.97. The van der Waals surface area contributed by atoms with E-state index in [9.17, 15) is 0 Å². The van der Waals surface area contributed by atoms with Crippen LogP contribution in [-0.4, -0.2) is 4.98 Å². The maximum absolute atomic E-state index is 5.43. The first-order valence-corrected chi connectivity index (χ1v) is 5.00. The summed E-state index contributed by atoms with van der Waals surface area (Å²) in [4.78, 5) is 4.14. The van der Waals surface area contributed by atoms with Gasteiger partial charge in [-0.3, -0.25) is 0 Å². The first-order valence-electron chi connectivity index (χ1n) is 4.21. The summed E-state index contributed by atoms with van der Waals surface area (Å²) < 4.78 is 6.40. The summed E-state index contributed by atoms with van der Waals surface area (Å²) in [5.41, 5.74) is 6.37. The molecule has 0 spiro atoms. The minimum absolute atomic E-state index is 0.372. The van der Waals surface area contributed by atoms with Crippen molar-refractivity contribution in [2.45, 2.75) is 6.54 Å². The van der Waals surface area contributed by atoms with Crippen molar-refractivity contribution in [2.75, 3.05) is 0 Å². The largest absolute Gasteiger partial charge is 0.440 e. The fourth-order valence-electron chi connectivity index (χ4n) is 1.16. The number of nitrogens with two attached hydrogens (primary N) is 1. The lowest BCUT2D eigenvalue weighted by atomic mass is 10.2. The van der Waals surface area contributed by atoms with Crippen molar-refractivity contribution in [1.82, 2.24) is 4.98 Å². The van der Waals surface area contributed by atoms with E-state index in [-0.39, 0.29) is 0 Å². The van der Waals surface area contributed by atoms with Gasteiger partial charge < -0.3 is 10.2 Å². The van der Waals surface area contributed by atoms with Crippen LogP contribution in [0.2, 0.25) is 0 Å². The molecule has 2 N–H and O–H groups in total. The van der Waals surface area contributed by atoms with E-state index in [0.717, 1.165) is 10.0 Å². The van der Waals surface area contributed by atoms with E-state index in [0.29, 0.717) is 18.2 Å². The van der Waals surface area contributed by atoms with E-state index in [1.807, 2.05) is 24.3 Å². The van der Waals surface area contributed by atoms with E-state index in [1.54, 1.807) is 6.20 Å². The zero-order valence-electron chi connectivity index (χ0n) is 7.40. The van der Waals surface area contributed by atoms with Crippen molar-refractivity contribution in [1.29, 1.82) is 0 Å². The summed E-state index contributed by atoms with van der Waals surface area (Å²) in [5, 5.41) is 0.